The first-order valence-electron chi connectivity index (χ1n) is 9.48. The lowest BCUT2D eigenvalue weighted by Crippen LogP contribution is -2.19. The van der Waals surface area contributed by atoms with Crippen LogP contribution < -0.4 is 5.32 Å². The molecule has 2 aromatic carbocycles. The molecular weight excluding hydrogens is 402 g/mol. The summed E-state index contributed by atoms with van der Waals surface area (Å²) in [7, 11) is 0. The van der Waals surface area contributed by atoms with Gasteiger partial charge in [0.15, 0.2) is 0 Å². The summed E-state index contributed by atoms with van der Waals surface area (Å²) >= 11 is 3.49. The highest BCUT2D eigenvalue weighted by Gasteiger charge is 2.21. The minimum atomic E-state index is 0.237. The van der Waals surface area contributed by atoms with E-state index in [1.54, 1.807) is 6.33 Å². The van der Waals surface area contributed by atoms with Crippen molar-refractivity contribution < 1.29 is 4.79 Å². The Morgan fingerprint density at radius 1 is 1.07 bits per heavy atom. The number of carbonyl (C=O) groups is 1. The second-order valence-electron chi connectivity index (χ2n) is 7.19. The average Bonchev–Trinajstić information content (AvgIpc) is 2.69. The quantitative estimate of drug-likeness (QED) is 0.560. The van der Waals surface area contributed by atoms with Crippen molar-refractivity contribution in [2.45, 2.75) is 38.5 Å². The second-order valence-corrected chi connectivity index (χ2v) is 8.10. The number of rotatable bonds is 5. The number of hydrogen-bond donors (Lipinski definition) is 1. The standard InChI is InChI=1S/C22H22BrN3O/c23-17-7-4-8-18(13-17)26-22-19-11-15(9-10-20(19)24-14-25-22)12-21(27)16-5-2-1-3-6-16/h4,7-11,13-14,16H,1-3,5-6,12H2,(H,24,25,26). The van der Waals surface area contributed by atoms with Crippen LogP contribution in [0.25, 0.3) is 10.9 Å². The number of fused-ring (bicyclic) bond motifs is 1. The topological polar surface area (TPSA) is 54.9 Å². The first-order chi connectivity index (χ1) is 13.2. The molecule has 1 saturated carbocycles. The third-order valence-electron chi connectivity index (χ3n) is 5.23. The van der Waals surface area contributed by atoms with Crippen LogP contribution in [0.4, 0.5) is 11.5 Å². The lowest BCUT2D eigenvalue weighted by molar-refractivity contribution is -0.123. The Kier molecular flexibility index (Phi) is 5.48. The molecule has 0 spiro atoms. The molecule has 3 aromatic rings. The number of halogens is 1. The SMILES string of the molecule is O=C(Cc1ccc2ncnc(Nc3cccc(Br)c3)c2c1)C1CCCCC1. The number of nitrogens with zero attached hydrogens (tertiary/aromatic N) is 2. The number of ketones is 1. The van der Waals surface area contributed by atoms with Gasteiger partial charge in [-0.25, -0.2) is 9.97 Å². The van der Waals surface area contributed by atoms with E-state index in [0.717, 1.165) is 45.3 Å². The molecule has 1 aliphatic carbocycles. The number of nitrogens with one attached hydrogen (secondary N) is 1. The van der Waals surface area contributed by atoms with Gasteiger partial charge >= 0.3 is 0 Å². The number of benzene rings is 2. The van der Waals surface area contributed by atoms with Crippen LogP contribution in [0.3, 0.4) is 0 Å². The van der Waals surface area contributed by atoms with Gasteiger partial charge in [0.2, 0.25) is 0 Å². The summed E-state index contributed by atoms with van der Waals surface area (Å²) in [5.74, 6) is 1.36. The summed E-state index contributed by atoms with van der Waals surface area (Å²) in [5.41, 5.74) is 2.86. The molecule has 1 heterocycles. The zero-order valence-electron chi connectivity index (χ0n) is 15.1. The largest absolute Gasteiger partial charge is 0.340 e. The molecule has 0 atom stereocenters. The van der Waals surface area contributed by atoms with Gasteiger partial charge in [0.05, 0.1) is 5.52 Å². The number of carbonyl (C=O) groups excluding carboxylic acids is 1. The average molecular weight is 424 g/mol. The molecule has 0 radical (unpaired) electrons. The Labute approximate surface area is 167 Å². The Morgan fingerprint density at radius 3 is 2.74 bits per heavy atom. The van der Waals surface area contributed by atoms with Crippen LogP contribution in [0.1, 0.15) is 37.7 Å². The van der Waals surface area contributed by atoms with Crippen molar-refractivity contribution in [3.8, 4) is 0 Å². The highest BCUT2D eigenvalue weighted by atomic mass is 79.9. The van der Waals surface area contributed by atoms with Gasteiger partial charge < -0.3 is 5.32 Å². The van der Waals surface area contributed by atoms with Crippen molar-refractivity contribution in [3.63, 3.8) is 0 Å². The van der Waals surface area contributed by atoms with Gasteiger partial charge in [-0.05, 0) is 48.7 Å². The van der Waals surface area contributed by atoms with Crippen LogP contribution in [0.5, 0.6) is 0 Å². The Hall–Kier alpha value is -2.27. The van der Waals surface area contributed by atoms with Gasteiger partial charge in [0.1, 0.15) is 17.9 Å². The Bertz CT molecular complexity index is 967. The molecule has 138 valence electrons. The molecule has 1 N–H and O–H groups in total. The Balaban J connectivity index is 1.59. The van der Waals surface area contributed by atoms with Crippen molar-refractivity contribution in [1.82, 2.24) is 9.97 Å². The number of aromatic nitrogens is 2. The zero-order chi connectivity index (χ0) is 18.6. The van der Waals surface area contributed by atoms with Crippen LogP contribution in [-0.2, 0) is 11.2 Å². The second kappa shape index (κ2) is 8.17. The fourth-order valence-corrected chi connectivity index (χ4v) is 4.19. The number of anilines is 2. The van der Waals surface area contributed by atoms with Crippen LogP contribution in [0, 0.1) is 5.92 Å². The number of hydrogen-bond acceptors (Lipinski definition) is 4. The van der Waals surface area contributed by atoms with Crippen molar-refractivity contribution >= 4 is 44.1 Å². The third-order valence-corrected chi connectivity index (χ3v) is 5.72. The minimum Gasteiger partial charge on any atom is -0.340 e. The monoisotopic (exact) mass is 423 g/mol. The molecule has 0 aliphatic heterocycles. The Morgan fingerprint density at radius 2 is 1.93 bits per heavy atom. The summed E-state index contributed by atoms with van der Waals surface area (Å²) in [6, 6.07) is 14.0. The van der Waals surface area contributed by atoms with E-state index >= 15 is 0 Å². The van der Waals surface area contributed by atoms with E-state index in [-0.39, 0.29) is 5.92 Å². The van der Waals surface area contributed by atoms with Gasteiger partial charge in [-0.1, -0.05) is 47.3 Å². The van der Waals surface area contributed by atoms with Gasteiger partial charge in [0, 0.05) is 27.9 Å². The van der Waals surface area contributed by atoms with E-state index in [0.29, 0.717) is 12.2 Å². The fraction of sp³-hybridized carbons (Fsp3) is 0.318. The first kappa shape index (κ1) is 18.1. The summed E-state index contributed by atoms with van der Waals surface area (Å²) in [6.07, 6.45) is 7.78. The molecule has 0 amide bonds. The lowest BCUT2D eigenvalue weighted by Gasteiger charge is -2.20. The lowest BCUT2D eigenvalue weighted by atomic mass is 9.84. The predicted octanol–water partition coefficient (Wildman–Crippen LogP) is 5.83. The van der Waals surface area contributed by atoms with Gasteiger partial charge in [-0.2, -0.15) is 0 Å². The maximum absolute atomic E-state index is 12.7. The molecule has 0 saturated heterocycles. The summed E-state index contributed by atoms with van der Waals surface area (Å²) in [4.78, 5) is 21.5. The summed E-state index contributed by atoms with van der Waals surface area (Å²) in [5, 5.41) is 4.30. The number of Topliss-reactive ketones (excluding diaryl/α,β-unsaturated/α-hetero) is 1. The molecule has 1 fully saturated rings. The van der Waals surface area contributed by atoms with Crippen molar-refractivity contribution in [2.24, 2.45) is 5.92 Å². The van der Waals surface area contributed by atoms with E-state index in [4.69, 9.17) is 0 Å². The van der Waals surface area contributed by atoms with E-state index < -0.39 is 0 Å². The van der Waals surface area contributed by atoms with Gasteiger partial charge in [0.25, 0.3) is 0 Å². The zero-order valence-corrected chi connectivity index (χ0v) is 16.7. The highest BCUT2D eigenvalue weighted by Crippen LogP contribution is 2.28. The molecule has 0 unspecified atom stereocenters. The van der Waals surface area contributed by atoms with E-state index in [1.165, 1.54) is 19.3 Å². The van der Waals surface area contributed by atoms with E-state index in [2.05, 4.69) is 37.3 Å². The van der Waals surface area contributed by atoms with Crippen molar-refractivity contribution in [3.05, 3.63) is 58.8 Å². The minimum absolute atomic E-state index is 0.237. The van der Waals surface area contributed by atoms with Gasteiger partial charge in [-0.15, -0.1) is 0 Å². The molecule has 5 heteroatoms. The normalized spacial score (nSPS) is 15.0. The molecule has 4 nitrogen and oxygen atoms in total. The highest BCUT2D eigenvalue weighted by molar-refractivity contribution is 9.10. The summed E-state index contributed by atoms with van der Waals surface area (Å²) in [6.45, 7) is 0. The summed E-state index contributed by atoms with van der Waals surface area (Å²) < 4.78 is 1.00. The van der Waals surface area contributed by atoms with E-state index in [1.807, 2.05) is 36.4 Å². The van der Waals surface area contributed by atoms with Crippen molar-refractivity contribution in [1.29, 1.82) is 0 Å². The van der Waals surface area contributed by atoms with Gasteiger partial charge in [-0.3, -0.25) is 4.79 Å². The molecular formula is C22H22BrN3O. The van der Waals surface area contributed by atoms with Crippen LogP contribution in [-0.4, -0.2) is 15.8 Å². The smallest absolute Gasteiger partial charge is 0.141 e. The van der Waals surface area contributed by atoms with Crippen LogP contribution >= 0.6 is 15.9 Å². The maximum Gasteiger partial charge on any atom is 0.141 e. The van der Waals surface area contributed by atoms with Crippen molar-refractivity contribution in [2.75, 3.05) is 5.32 Å². The molecule has 27 heavy (non-hydrogen) atoms. The first-order valence-corrected chi connectivity index (χ1v) is 10.3. The van der Waals surface area contributed by atoms with E-state index in [9.17, 15) is 4.79 Å². The predicted molar refractivity (Wildman–Crippen MR) is 112 cm³/mol. The fourth-order valence-electron chi connectivity index (χ4n) is 3.79. The van der Waals surface area contributed by atoms with Crippen LogP contribution in [0.15, 0.2) is 53.3 Å². The molecule has 4 rings (SSSR count). The molecule has 1 aliphatic rings. The molecule has 1 aromatic heterocycles. The third kappa shape index (κ3) is 4.35. The van der Waals surface area contributed by atoms with Crippen LogP contribution in [0.2, 0.25) is 0 Å². The maximum atomic E-state index is 12.7. The molecule has 0 bridgehead atoms.